The van der Waals surface area contributed by atoms with Gasteiger partial charge in [-0.15, -0.1) is 0 Å². The topological polar surface area (TPSA) is 111 Å². The van der Waals surface area contributed by atoms with Gasteiger partial charge in [0.05, 0.1) is 10.6 Å². The molecule has 1 fully saturated rings. The van der Waals surface area contributed by atoms with Gasteiger partial charge < -0.3 is 14.8 Å². The first-order valence-corrected chi connectivity index (χ1v) is 7.88. The van der Waals surface area contributed by atoms with Gasteiger partial charge >= 0.3 is 6.03 Å². The molecule has 1 spiro atoms. The van der Waals surface area contributed by atoms with E-state index in [0.717, 1.165) is 0 Å². The Morgan fingerprint density at radius 1 is 1.14 bits per heavy atom. The van der Waals surface area contributed by atoms with E-state index in [-0.39, 0.29) is 29.4 Å². The second kappa shape index (κ2) is 3.67. The molecule has 1 unspecified atom stereocenters. The summed E-state index contributed by atoms with van der Waals surface area (Å²) in [5.41, 5.74) is -1.14. The van der Waals surface area contributed by atoms with Crippen molar-refractivity contribution in [2.45, 2.75) is 16.9 Å². The van der Waals surface area contributed by atoms with Crippen molar-refractivity contribution in [2.24, 2.45) is 0 Å². The molecule has 0 radical (unpaired) electrons. The molecule has 9 heteroatoms. The smallest absolute Gasteiger partial charge is 0.322 e. The Hall–Kier alpha value is -2.29. The van der Waals surface area contributed by atoms with Gasteiger partial charge in [-0.2, -0.15) is 0 Å². The number of nitrogens with one attached hydrogen (secondary N) is 2. The van der Waals surface area contributed by atoms with Gasteiger partial charge in [0.25, 0.3) is 5.91 Å². The number of urea groups is 1. The van der Waals surface area contributed by atoms with Gasteiger partial charge in [-0.05, 0) is 12.5 Å². The molecule has 3 aliphatic heterocycles. The summed E-state index contributed by atoms with van der Waals surface area (Å²) in [6, 6.07) is 2.17. The zero-order valence-corrected chi connectivity index (χ0v) is 11.5. The number of amides is 3. The lowest BCUT2D eigenvalue weighted by Gasteiger charge is -2.32. The quantitative estimate of drug-likeness (QED) is 0.632. The zero-order chi connectivity index (χ0) is 14.8. The molecular weight excluding hydrogens is 300 g/mol. The molecule has 0 aliphatic carbocycles. The molecule has 0 saturated carbocycles. The average Bonchev–Trinajstić information content (AvgIpc) is 2.98. The molecule has 4 rings (SSSR count). The SMILES string of the molecule is O=C1NC(=O)C2(CCS(=O)(=O)c3cc4c(cc32)OCO4)N1. The van der Waals surface area contributed by atoms with E-state index in [4.69, 9.17) is 9.47 Å². The van der Waals surface area contributed by atoms with E-state index in [1.165, 1.54) is 12.1 Å². The Balaban J connectivity index is 2.01. The summed E-state index contributed by atoms with van der Waals surface area (Å²) in [7, 11) is -3.53. The molecule has 21 heavy (non-hydrogen) atoms. The van der Waals surface area contributed by atoms with Gasteiger partial charge in [0, 0.05) is 11.6 Å². The number of hydrogen-bond acceptors (Lipinski definition) is 6. The molecule has 1 aromatic rings. The normalized spacial score (nSPS) is 28.2. The third-order valence-corrected chi connectivity index (χ3v) is 5.71. The molecule has 110 valence electrons. The number of carbonyl (C=O) groups excluding carboxylic acids is 2. The molecule has 3 aliphatic rings. The minimum Gasteiger partial charge on any atom is -0.454 e. The predicted molar refractivity (Wildman–Crippen MR) is 67.6 cm³/mol. The highest BCUT2D eigenvalue weighted by atomic mass is 32.2. The zero-order valence-electron chi connectivity index (χ0n) is 10.6. The van der Waals surface area contributed by atoms with E-state index in [2.05, 4.69) is 10.6 Å². The number of benzene rings is 1. The van der Waals surface area contributed by atoms with Crippen LogP contribution in [0.2, 0.25) is 0 Å². The van der Waals surface area contributed by atoms with Crippen LogP contribution in [0.25, 0.3) is 0 Å². The number of rotatable bonds is 0. The Bertz CT molecular complexity index is 802. The van der Waals surface area contributed by atoms with Crippen LogP contribution < -0.4 is 20.1 Å². The highest BCUT2D eigenvalue weighted by Crippen LogP contribution is 2.45. The number of carbonyl (C=O) groups is 2. The molecule has 2 N–H and O–H groups in total. The predicted octanol–water partition coefficient (Wildman–Crippen LogP) is -0.373. The highest BCUT2D eigenvalue weighted by Gasteiger charge is 2.53. The monoisotopic (exact) mass is 310 g/mol. The highest BCUT2D eigenvalue weighted by molar-refractivity contribution is 7.91. The van der Waals surface area contributed by atoms with Crippen molar-refractivity contribution in [3.8, 4) is 11.5 Å². The van der Waals surface area contributed by atoms with Crippen molar-refractivity contribution in [1.29, 1.82) is 0 Å². The van der Waals surface area contributed by atoms with E-state index in [1.54, 1.807) is 0 Å². The number of fused-ring (bicyclic) bond motifs is 3. The molecule has 1 saturated heterocycles. The Labute approximate surface area is 119 Å². The fourth-order valence-electron chi connectivity index (χ4n) is 2.90. The van der Waals surface area contributed by atoms with Crippen LogP contribution in [0.1, 0.15) is 12.0 Å². The van der Waals surface area contributed by atoms with Gasteiger partial charge in [-0.1, -0.05) is 0 Å². The molecule has 3 amide bonds. The second-order valence-corrected chi connectivity index (χ2v) is 7.16. The van der Waals surface area contributed by atoms with Crippen LogP contribution in [0.5, 0.6) is 11.5 Å². The van der Waals surface area contributed by atoms with Crippen molar-refractivity contribution in [3.05, 3.63) is 17.7 Å². The molecular formula is C12H10N2O6S. The summed E-state index contributed by atoms with van der Waals surface area (Å²) in [5.74, 6) is -0.103. The molecule has 0 aromatic heterocycles. The number of sulfone groups is 1. The maximum absolute atomic E-state index is 12.3. The minimum absolute atomic E-state index is 0.00431. The molecule has 1 atom stereocenters. The van der Waals surface area contributed by atoms with Crippen molar-refractivity contribution in [3.63, 3.8) is 0 Å². The maximum atomic E-state index is 12.3. The Kier molecular flexibility index (Phi) is 2.18. The van der Waals surface area contributed by atoms with Gasteiger partial charge in [-0.3, -0.25) is 10.1 Å². The first-order valence-electron chi connectivity index (χ1n) is 6.23. The summed E-state index contributed by atoms with van der Waals surface area (Å²) in [5, 5.41) is 4.70. The minimum atomic E-state index is -3.53. The lowest BCUT2D eigenvalue weighted by molar-refractivity contribution is -0.124. The third-order valence-electron chi connectivity index (χ3n) is 3.96. The molecule has 1 aromatic carbocycles. The van der Waals surface area contributed by atoms with Crippen LogP contribution in [0.4, 0.5) is 4.79 Å². The molecule has 3 heterocycles. The van der Waals surface area contributed by atoms with Crippen molar-refractivity contribution in [1.82, 2.24) is 10.6 Å². The van der Waals surface area contributed by atoms with Crippen molar-refractivity contribution in [2.75, 3.05) is 12.5 Å². The van der Waals surface area contributed by atoms with Gasteiger partial charge in [0.15, 0.2) is 21.3 Å². The van der Waals surface area contributed by atoms with Gasteiger partial charge in [0.1, 0.15) is 5.54 Å². The second-order valence-electron chi connectivity index (χ2n) is 5.08. The lowest BCUT2D eigenvalue weighted by atomic mass is 9.86. The van der Waals surface area contributed by atoms with E-state index in [9.17, 15) is 18.0 Å². The Morgan fingerprint density at radius 2 is 1.86 bits per heavy atom. The molecule has 0 bridgehead atoms. The van der Waals surface area contributed by atoms with Crippen LogP contribution in [-0.4, -0.2) is 32.9 Å². The number of imide groups is 1. The van der Waals surface area contributed by atoms with Crippen LogP contribution in [0.3, 0.4) is 0 Å². The summed E-state index contributed by atoms with van der Waals surface area (Å²) >= 11 is 0. The first-order chi connectivity index (χ1) is 9.92. The molecule has 8 nitrogen and oxygen atoms in total. The number of hydrogen-bond donors (Lipinski definition) is 2. The number of ether oxygens (including phenoxy) is 2. The largest absolute Gasteiger partial charge is 0.454 e. The fourth-order valence-corrected chi connectivity index (χ4v) is 4.55. The van der Waals surface area contributed by atoms with Gasteiger partial charge in [-0.25, -0.2) is 13.2 Å². The van der Waals surface area contributed by atoms with E-state index < -0.39 is 27.3 Å². The van der Waals surface area contributed by atoms with E-state index in [0.29, 0.717) is 11.5 Å². The van der Waals surface area contributed by atoms with Crippen LogP contribution in [-0.2, 0) is 20.2 Å². The summed E-state index contributed by atoms with van der Waals surface area (Å²) < 4.78 is 34.9. The van der Waals surface area contributed by atoms with Crippen molar-refractivity contribution >= 4 is 21.8 Å². The van der Waals surface area contributed by atoms with E-state index in [1.807, 2.05) is 0 Å². The summed E-state index contributed by atoms with van der Waals surface area (Å²) in [6.07, 6.45) is -0.0143. The lowest BCUT2D eigenvalue weighted by Crippen LogP contribution is -2.48. The maximum Gasteiger partial charge on any atom is 0.322 e. The van der Waals surface area contributed by atoms with Gasteiger partial charge in [0.2, 0.25) is 6.79 Å². The van der Waals surface area contributed by atoms with E-state index >= 15 is 0 Å². The van der Waals surface area contributed by atoms with Crippen molar-refractivity contribution < 1.29 is 27.5 Å². The van der Waals surface area contributed by atoms with Crippen LogP contribution in [0.15, 0.2) is 17.0 Å². The van der Waals surface area contributed by atoms with Crippen LogP contribution in [0, 0.1) is 0 Å². The standard InChI is InChI=1S/C12H10N2O6S/c15-10-12(14-11(16)13-10)1-2-21(17,18)9-4-8-7(3-6(9)12)19-5-20-8/h3-4H,1-2,5H2,(H2,13,14,15,16). The third kappa shape index (κ3) is 1.52. The van der Waals surface area contributed by atoms with Crippen LogP contribution >= 0.6 is 0 Å². The average molecular weight is 310 g/mol. The summed E-state index contributed by atoms with van der Waals surface area (Å²) in [6.45, 7) is -0.0101. The Morgan fingerprint density at radius 3 is 2.52 bits per heavy atom. The summed E-state index contributed by atoms with van der Waals surface area (Å²) in [4.78, 5) is 23.7. The fraction of sp³-hybridized carbons (Fsp3) is 0.333. The first kappa shape index (κ1) is 12.5.